The van der Waals surface area contributed by atoms with Crippen LogP contribution in [0.1, 0.15) is 36.3 Å². The molecule has 4 rings (SSSR count). The Morgan fingerprint density at radius 2 is 1.68 bits per heavy atom. The van der Waals surface area contributed by atoms with Gasteiger partial charge in [0.2, 0.25) is 10.0 Å². The molecule has 0 radical (unpaired) electrons. The first kappa shape index (κ1) is 29.2. The number of piperidine rings is 1. The smallest absolute Gasteiger partial charge is 0.326 e. The monoisotopic (exact) mass is 561 g/mol. The normalized spacial score (nSPS) is 14.4. The largest absolute Gasteiger partial charge is 0.395 e. The summed E-state index contributed by atoms with van der Waals surface area (Å²) >= 11 is 0. The van der Waals surface area contributed by atoms with Crippen molar-refractivity contribution in [3.8, 4) is 6.07 Å². The summed E-state index contributed by atoms with van der Waals surface area (Å²) in [6.45, 7) is 2.76. The van der Waals surface area contributed by atoms with E-state index in [1.54, 1.807) is 41.3 Å². The third-order valence-corrected chi connectivity index (χ3v) is 8.61. The van der Waals surface area contributed by atoms with Crippen molar-refractivity contribution in [2.75, 3.05) is 49.5 Å². The van der Waals surface area contributed by atoms with E-state index in [9.17, 15) is 13.2 Å². The Morgan fingerprint density at radius 3 is 2.35 bits per heavy atom. The van der Waals surface area contributed by atoms with Gasteiger partial charge >= 0.3 is 6.03 Å². The molecule has 10 heteroatoms. The zero-order valence-corrected chi connectivity index (χ0v) is 23.2. The Hall–Kier alpha value is -3.75. The van der Waals surface area contributed by atoms with Crippen LogP contribution in [0.25, 0.3) is 0 Å². The number of rotatable bonds is 11. The van der Waals surface area contributed by atoms with E-state index in [0.717, 1.165) is 50.1 Å². The molecule has 3 aromatic rings. The first-order valence-corrected chi connectivity index (χ1v) is 14.9. The second kappa shape index (κ2) is 14.1. The molecule has 9 nitrogen and oxygen atoms in total. The molecule has 3 aromatic carbocycles. The van der Waals surface area contributed by atoms with E-state index in [4.69, 9.17) is 10.4 Å². The predicted molar refractivity (Wildman–Crippen MR) is 156 cm³/mol. The summed E-state index contributed by atoms with van der Waals surface area (Å²) in [5, 5.41) is 21.0. The van der Waals surface area contributed by atoms with E-state index in [-0.39, 0.29) is 30.0 Å². The molecule has 0 atom stereocenters. The zero-order valence-electron chi connectivity index (χ0n) is 22.4. The minimum absolute atomic E-state index is 0.0133. The topological polar surface area (TPSA) is 126 Å². The fraction of sp³-hybridized carbons (Fsp3) is 0.333. The maximum atomic E-state index is 13.2. The van der Waals surface area contributed by atoms with Crippen molar-refractivity contribution in [2.45, 2.75) is 30.1 Å². The molecule has 1 aliphatic rings. The summed E-state index contributed by atoms with van der Waals surface area (Å²) in [6.07, 6.45) is 2.46. The number of aliphatic hydroxyl groups excluding tert-OH is 1. The highest BCUT2D eigenvalue weighted by molar-refractivity contribution is 7.89. The van der Waals surface area contributed by atoms with Gasteiger partial charge in [0.15, 0.2) is 0 Å². The van der Waals surface area contributed by atoms with Crippen molar-refractivity contribution in [3.63, 3.8) is 0 Å². The van der Waals surface area contributed by atoms with Crippen LogP contribution in [-0.4, -0.2) is 63.8 Å². The molecule has 0 aromatic heterocycles. The molecule has 0 aliphatic carbocycles. The van der Waals surface area contributed by atoms with Gasteiger partial charge in [0.05, 0.1) is 23.1 Å². The van der Waals surface area contributed by atoms with Gasteiger partial charge in [0.1, 0.15) is 0 Å². The molecule has 0 bridgehead atoms. The van der Waals surface area contributed by atoms with E-state index < -0.39 is 10.0 Å². The van der Waals surface area contributed by atoms with E-state index >= 15 is 0 Å². The maximum Gasteiger partial charge on any atom is 0.326 e. The second-order valence-corrected chi connectivity index (χ2v) is 11.5. The van der Waals surface area contributed by atoms with Crippen molar-refractivity contribution in [3.05, 3.63) is 90.0 Å². The summed E-state index contributed by atoms with van der Waals surface area (Å²) < 4.78 is 28.0. The Morgan fingerprint density at radius 1 is 1.00 bits per heavy atom. The number of likely N-dealkylation sites (tertiary alicyclic amines) is 1. The van der Waals surface area contributed by atoms with Gasteiger partial charge in [-0.25, -0.2) is 17.9 Å². The van der Waals surface area contributed by atoms with Crippen LogP contribution in [0.15, 0.2) is 83.8 Å². The summed E-state index contributed by atoms with van der Waals surface area (Å²) in [5.41, 5.74) is 2.79. The summed E-state index contributed by atoms with van der Waals surface area (Å²) in [6, 6.07) is 25.3. The van der Waals surface area contributed by atoms with Crippen LogP contribution in [0.5, 0.6) is 0 Å². The molecular formula is C30H35N5O4S. The fourth-order valence-electron chi connectivity index (χ4n) is 5.02. The highest BCUT2D eigenvalue weighted by Crippen LogP contribution is 2.32. The van der Waals surface area contributed by atoms with Gasteiger partial charge < -0.3 is 15.3 Å². The summed E-state index contributed by atoms with van der Waals surface area (Å²) in [5.74, 6) is 0.136. The molecule has 1 fully saturated rings. The van der Waals surface area contributed by atoms with Gasteiger partial charge in [-0.3, -0.25) is 4.90 Å². The van der Waals surface area contributed by atoms with Gasteiger partial charge in [-0.1, -0.05) is 36.4 Å². The molecule has 210 valence electrons. The number of carbonyl (C=O) groups excluding carboxylic acids is 1. The average molecular weight is 562 g/mol. The number of hydrogen-bond donors (Lipinski definition) is 3. The second-order valence-electron chi connectivity index (χ2n) is 9.74. The number of anilines is 2. The molecule has 2 amide bonds. The third kappa shape index (κ3) is 7.67. The highest BCUT2D eigenvalue weighted by Gasteiger charge is 2.27. The predicted octanol–water partition coefficient (Wildman–Crippen LogP) is 4.14. The van der Waals surface area contributed by atoms with E-state index in [1.165, 1.54) is 0 Å². The third-order valence-electron chi connectivity index (χ3n) is 7.07. The number of amides is 2. The molecule has 1 saturated heterocycles. The van der Waals surface area contributed by atoms with Crippen molar-refractivity contribution in [2.24, 2.45) is 0 Å². The van der Waals surface area contributed by atoms with E-state index in [2.05, 4.69) is 21.0 Å². The van der Waals surface area contributed by atoms with Crippen LogP contribution >= 0.6 is 0 Å². The van der Waals surface area contributed by atoms with Gasteiger partial charge in [0, 0.05) is 24.5 Å². The maximum absolute atomic E-state index is 13.2. The molecule has 40 heavy (non-hydrogen) atoms. The molecular weight excluding hydrogens is 526 g/mol. The number of nitrogens with one attached hydrogen (secondary N) is 2. The van der Waals surface area contributed by atoms with Crippen molar-refractivity contribution < 1.29 is 18.3 Å². The van der Waals surface area contributed by atoms with Crippen LogP contribution in [0.3, 0.4) is 0 Å². The molecule has 1 heterocycles. The SMILES string of the molecule is N#Cc1ccc(NC(=O)N(CCCN2CCC(c3ccccc3S(=O)(=O)NCCO)CC2)c2ccccc2)cc1. The van der Waals surface area contributed by atoms with Crippen LogP contribution in [0.2, 0.25) is 0 Å². The van der Waals surface area contributed by atoms with Crippen molar-refractivity contribution in [1.82, 2.24) is 9.62 Å². The Labute approximate surface area is 236 Å². The molecule has 3 N–H and O–H groups in total. The number of aliphatic hydroxyl groups is 1. The minimum Gasteiger partial charge on any atom is -0.395 e. The summed E-state index contributed by atoms with van der Waals surface area (Å²) in [4.78, 5) is 17.6. The molecule has 0 spiro atoms. The number of sulfonamides is 1. The molecule has 0 saturated carbocycles. The Balaban J connectivity index is 1.34. The van der Waals surface area contributed by atoms with Crippen LogP contribution in [-0.2, 0) is 10.0 Å². The Bertz CT molecular complexity index is 1400. The number of para-hydroxylation sites is 1. The van der Waals surface area contributed by atoms with Gasteiger partial charge in [-0.15, -0.1) is 0 Å². The Kier molecular flexibility index (Phi) is 10.3. The number of benzene rings is 3. The van der Waals surface area contributed by atoms with Gasteiger partial charge in [-0.05, 0) is 92.8 Å². The zero-order chi connectivity index (χ0) is 28.4. The fourth-order valence-corrected chi connectivity index (χ4v) is 6.33. The number of nitrogens with zero attached hydrogens (tertiary/aromatic N) is 3. The number of hydrogen-bond acceptors (Lipinski definition) is 6. The lowest BCUT2D eigenvalue weighted by atomic mass is 9.89. The molecule has 0 unspecified atom stereocenters. The van der Waals surface area contributed by atoms with E-state index in [1.807, 2.05) is 42.5 Å². The molecule has 1 aliphatic heterocycles. The standard InChI is InChI=1S/C30H35N5O4S/c31-23-24-11-13-26(14-12-24)33-30(37)35(27-7-2-1-3-8-27)19-6-18-34-20-15-25(16-21-34)28-9-4-5-10-29(28)40(38,39)32-17-22-36/h1-5,7-14,25,32,36H,6,15-22H2,(H,33,37). The van der Waals surface area contributed by atoms with Crippen LogP contribution in [0.4, 0.5) is 16.2 Å². The van der Waals surface area contributed by atoms with Gasteiger partial charge in [-0.2, -0.15) is 5.26 Å². The van der Waals surface area contributed by atoms with Crippen LogP contribution in [0, 0.1) is 11.3 Å². The first-order chi connectivity index (χ1) is 19.4. The lowest BCUT2D eigenvalue weighted by Crippen LogP contribution is -2.39. The minimum atomic E-state index is -3.68. The lowest BCUT2D eigenvalue weighted by Gasteiger charge is -2.33. The number of carbonyl (C=O) groups is 1. The van der Waals surface area contributed by atoms with Crippen LogP contribution < -0.4 is 14.9 Å². The highest BCUT2D eigenvalue weighted by atomic mass is 32.2. The number of urea groups is 1. The first-order valence-electron chi connectivity index (χ1n) is 13.5. The van der Waals surface area contributed by atoms with Crippen molar-refractivity contribution in [1.29, 1.82) is 5.26 Å². The van der Waals surface area contributed by atoms with E-state index in [0.29, 0.717) is 17.8 Å². The van der Waals surface area contributed by atoms with Gasteiger partial charge in [0.25, 0.3) is 0 Å². The lowest BCUT2D eigenvalue weighted by molar-refractivity contribution is 0.209. The number of nitriles is 1. The summed E-state index contributed by atoms with van der Waals surface area (Å²) in [7, 11) is -3.68. The quantitative estimate of drug-likeness (QED) is 0.323. The average Bonchev–Trinajstić information content (AvgIpc) is 2.99. The van der Waals surface area contributed by atoms with Crippen molar-refractivity contribution >= 4 is 27.4 Å².